The van der Waals surface area contributed by atoms with Crippen LogP contribution in [-0.2, 0) is 62.4 Å². The summed E-state index contributed by atoms with van der Waals surface area (Å²) >= 11 is 0. The molecule has 470 valence electrons. The third kappa shape index (κ3) is 21.5. The number of hydrogen-bond donors (Lipinski definition) is 13. The first kappa shape index (κ1) is 68.2. The lowest BCUT2D eigenvalue weighted by atomic mass is 9.89. The van der Waals surface area contributed by atoms with Gasteiger partial charge in [-0.25, -0.2) is 0 Å². The quantitative estimate of drug-likeness (QED) is 0.0354. The molecule has 0 unspecified atom stereocenters. The van der Waals surface area contributed by atoms with Gasteiger partial charge in [0.15, 0.2) is 11.6 Å². The molecule has 0 aliphatic carbocycles. The van der Waals surface area contributed by atoms with E-state index in [4.69, 9.17) is 22.9 Å². The number of para-hydroxylation sites is 1. The number of nitrogens with two attached hydrogens (primary N) is 4. The van der Waals surface area contributed by atoms with Crippen LogP contribution in [0.15, 0.2) is 103 Å². The number of carbonyl (C=O) groups excluding carboxylic acids is 9. The van der Waals surface area contributed by atoms with Crippen LogP contribution in [0.1, 0.15) is 114 Å². The summed E-state index contributed by atoms with van der Waals surface area (Å²) in [5.41, 5.74) is 27.0. The number of rotatable bonds is 26. The lowest BCUT2D eigenvalue weighted by molar-refractivity contribution is -0.136. The van der Waals surface area contributed by atoms with Crippen LogP contribution in [0.3, 0.4) is 0 Å². The van der Waals surface area contributed by atoms with Gasteiger partial charge in [0, 0.05) is 61.2 Å². The highest BCUT2D eigenvalue weighted by Gasteiger charge is 2.36. The van der Waals surface area contributed by atoms with Gasteiger partial charge in [-0.3, -0.25) is 43.2 Å². The smallest absolute Gasteiger partial charge is 0.243 e. The number of aliphatic hydroxyl groups is 1. The molecule has 0 saturated carbocycles. The Hall–Kier alpha value is -7.89. The van der Waals surface area contributed by atoms with Gasteiger partial charge in [0.1, 0.15) is 24.2 Å². The molecule has 4 aromatic carbocycles. The fraction of sp³-hybridized carbons (Fsp3) is 0.492. The molecule has 7 amide bonds. The summed E-state index contributed by atoms with van der Waals surface area (Å²) in [5.74, 6) is -8.55. The molecule has 1 aliphatic rings. The van der Waals surface area contributed by atoms with Gasteiger partial charge in [-0.15, -0.1) is 0 Å². The topological polar surface area (TPSA) is 378 Å². The van der Waals surface area contributed by atoms with Crippen molar-refractivity contribution in [2.45, 2.75) is 158 Å². The zero-order valence-corrected chi connectivity index (χ0v) is 50.0. The Morgan fingerprint density at radius 2 is 1.16 bits per heavy atom. The second-order valence-electron chi connectivity index (χ2n) is 22.7. The molecule has 1 aromatic heterocycles. The number of Topliss-reactive ketones (excluding diaryl/α,β-unsaturated/α-hetero) is 2. The number of ketones is 2. The van der Waals surface area contributed by atoms with Crippen molar-refractivity contribution in [3.05, 3.63) is 120 Å². The van der Waals surface area contributed by atoms with Gasteiger partial charge in [0.05, 0.1) is 24.6 Å². The van der Waals surface area contributed by atoms with E-state index in [0.717, 1.165) is 53.8 Å². The average Bonchev–Trinajstić information content (AvgIpc) is 2.99. The second kappa shape index (κ2) is 35.7. The molecule has 1 fully saturated rings. The average molecular weight is 1200 g/mol. The molecule has 87 heavy (non-hydrogen) atoms. The summed E-state index contributed by atoms with van der Waals surface area (Å²) in [6.45, 7) is 1.61. The van der Waals surface area contributed by atoms with E-state index in [9.17, 15) is 48.3 Å². The molecule has 22 heteroatoms. The van der Waals surface area contributed by atoms with Crippen molar-refractivity contribution >= 4 is 74.6 Å². The van der Waals surface area contributed by atoms with Crippen molar-refractivity contribution in [1.82, 2.24) is 42.2 Å². The molecule has 6 rings (SSSR count). The second-order valence-corrected chi connectivity index (χ2v) is 22.7. The zero-order valence-electron chi connectivity index (χ0n) is 50.0. The van der Waals surface area contributed by atoms with Crippen molar-refractivity contribution in [2.75, 3.05) is 32.7 Å². The van der Waals surface area contributed by atoms with Crippen LogP contribution in [0.5, 0.6) is 0 Å². The first-order chi connectivity index (χ1) is 42.0. The Kier molecular flexibility index (Phi) is 28.0. The molecule has 0 bridgehead atoms. The highest BCUT2D eigenvalue weighted by molar-refractivity contribution is 5.99. The predicted molar refractivity (Wildman–Crippen MR) is 334 cm³/mol. The first-order valence-electron chi connectivity index (χ1n) is 30.7. The van der Waals surface area contributed by atoms with Crippen molar-refractivity contribution < 1.29 is 48.3 Å². The number of H-pyrrole nitrogens is 1. The van der Waals surface area contributed by atoms with Gasteiger partial charge in [0.25, 0.3) is 0 Å². The number of carbonyl (C=O) groups is 9. The third-order valence-electron chi connectivity index (χ3n) is 16.0. The van der Waals surface area contributed by atoms with E-state index in [1.807, 2.05) is 66.7 Å². The van der Waals surface area contributed by atoms with E-state index in [-0.39, 0.29) is 90.5 Å². The number of aromatic nitrogens is 1. The molecule has 1 aliphatic heterocycles. The summed E-state index contributed by atoms with van der Waals surface area (Å²) in [4.78, 5) is 134. The van der Waals surface area contributed by atoms with E-state index in [1.165, 1.54) is 0 Å². The minimum absolute atomic E-state index is 0.00117. The molecule has 0 radical (unpaired) electrons. The highest BCUT2D eigenvalue weighted by Crippen LogP contribution is 2.23. The van der Waals surface area contributed by atoms with Gasteiger partial charge in [-0.05, 0) is 105 Å². The fourth-order valence-corrected chi connectivity index (χ4v) is 11.1. The van der Waals surface area contributed by atoms with Crippen LogP contribution >= 0.6 is 0 Å². The monoisotopic (exact) mass is 1200 g/mol. The normalized spacial score (nSPS) is 21.4. The van der Waals surface area contributed by atoms with Crippen molar-refractivity contribution in [3.8, 4) is 0 Å². The number of hydrogen-bond acceptors (Lipinski definition) is 14. The lowest BCUT2D eigenvalue weighted by Crippen LogP contribution is -2.59. The first-order valence-corrected chi connectivity index (χ1v) is 30.7. The van der Waals surface area contributed by atoms with Gasteiger partial charge in [-0.2, -0.15) is 0 Å². The van der Waals surface area contributed by atoms with Crippen LogP contribution in [0, 0.1) is 11.8 Å². The fourth-order valence-electron chi connectivity index (χ4n) is 11.1. The van der Waals surface area contributed by atoms with E-state index >= 15 is 0 Å². The van der Waals surface area contributed by atoms with Crippen LogP contribution in [0.2, 0.25) is 0 Å². The van der Waals surface area contributed by atoms with Crippen LogP contribution < -0.4 is 60.2 Å². The van der Waals surface area contributed by atoms with Gasteiger partial charge < -0.3 is 70.2 Å². The van der Waals surface area contributed by atoms with Crippen molar-refractivity contribution in [3.63, 3.8) is 0 Å². The number of aromatic amines is 1. The molecule has 2 heterocycles. The molecule has 1 saturated heterocycles. The Morgan fingerprint density at radius 1 is 0.575 bits per heavy atom. The summed E-state index contributed by atoms with van der Waals surface area (Å²) < 4.78 is 0. The molecular weight excluding hydrogens is 1110 g/mol. The lowest BCUT2D eigenvalue weighted by Gasteiger charge is -2.27. The Morgan fingerprint density at radius 3 is 1.85 bits per heavy atom. The molecule has 5 aromatic rings. The van der Waals surface area contributed by atoms with E-state index < -0.39 is 120 Å². The summed E-state index contributed by atoms with van der Waals surface area (Å²) in [5, 5.41) is 32.9. The third-order valence-corrected chi connectivity index (χ3v) is 16.0. The maximum Gasteiger partial charge on any atom is 0.243 e. The van der Waals surface area contributed by atoms with Gasteiger partial charge in [0.2, 0.25) is 41.4 Å². The van der Waals surface area contributed by atoms with Gasteiger partial charge >= 0.3 is 0 Å². The summed E-state index contributed by atoms with van der Waals surface area (Å²) in [6.07, 6.45) is 4.22. The number of fused-ring (bicyclic) bond motifs is 2. The van der Waals surface area contributed by atoms with Crippen LogP contribution in [0.4, 0.5) is 0 Å². The van der Waals surface area contributed by atoms with Crippen LogP contribution in [0.25, 0.3) is 21.7 Å². The van der Waals surface area contributed by atoms with E-state index in [2.05, 4.69) is 49.1 Å². The number of amides is 7. The van der Waals surface area contributed by atoms with Crippen molar-refractivity contribution in [1.29, 1.82) is 0 Å². The SMILES string of the molecule is CCCCCCC[C@@H](O)CC(=O)N[C@H](CCN)C(=O)C[C@H]1CCNC(=O)[C@H](Cc2c[nH]c3ccccc23)NC(=O)[C@H](CCN)NC(=O)[C@H](CCN)NC(=O)[C@H](Cc2ccc3ccccc3c2)NC(=O)[C@@H](Cc2ccccc2)CC(=O)[C@H](CCN)NC1=O. The molecule has 22 nitrogen and oxygen atoms in total. The van der Waals surface area contributed by atoms with Crippen LogP contribution in [-0.4, -0.2) is 138 Å². The standard InChI is InChI=1S/C65H90N12O10/c1-2-3-4-5-9-18-48(78)39-59(81)72-51(23-28-66)57(79)37-45-27-32-70-62(84)56(36-47-40-71-50-20-13-12-19-49(47)50)77-64(86)54(26-31-69)74-63(85)53(25-30-68)75-65(87)55(35-42-21-22-43-16-10-11-17-44(43)34-42)76-61(83)46(33-41-14-7-6-8-15-41)38-58(80)52(24-29-67)73-60(45)82/h6-8,10-17,19-22,34,40,45-46,48,51-56,71,78H,2-5,9,18,23-33,35-39,66-69H2,1H3,(H,70,84)(H,72,81)(H,73,82)(H,74,85)(H,75,87)(H,76,83)(H,77,86)/t45-,46+,48-,51-,52+,53+,54+,55+,56+/m1/s1. The van der Waals surface area contributed by atoms with Crippen molar-refractivity contribution in [2.24, 2.45) is 34.8 Å². The van der Waals surface area contributed by atoms with E-state index in [0.29, 0.717) is 23.1 Å². The Labute approximate surface area is 509 Å². The molecule has 0 spiro atoms. The minimum atomic E-state index is -1.34. The largest absolute Gasteiger partial charge is 0.393 e. The summed E-state index contributed by atoms with van der Waals surface area (Å²) in [6, 6.07) is 21.8. The Balaban J connectivity index is 1.38. The number of benzene rings is 4. The van der Waals surface area contributed by atoms with Gasteiger partial charge in [-0.1, -0.05) is 130 Å². The summed E-state index contributed by atoms with van der Waals surface area (Å²) in [7, 11) is 0. The zero-order chi connectivity index (χ0) is 62.7. The predicted octanol–water partition coefficient (Wildman–Crippen LogP) is 2.44. The molecule has 17 N–H and O–H groups in total. The number of aliphatic hydroxyl groups excluding tert-OH is 1. The minimum Gasteiger partial charge on any atom is -0.393 e. The molecule has 9 atom stereocenters. The number of unbranched alkanes of at least 4 members (excludes halogenated alkanes) is 4. The number of nitrogens with one attached hydrogen (secondary N) is 8. The van der Waals surface area contributed by atoms with E-state index in [1.54, 1.807) is 36.5 Å². The molecular formula is C65H90N12O10. The maximum atomic E-state index is 14.9. The Bertz CT molecular complexity index is 3080. The highest BCUT2D eigenvalue weighted by atomic mass is 16.3. The maximum absolute atomic E-state index is 14.9.